The van der Waals surface area contributed by atoms with Crippen LogP contribution in [-0.4, -0.2) is 71.9 Å². The van der Waals surface area contributed by atoms with Crippen molar-refractivity contribution in [2.75, 3.05) is 19.8 Å². The van der Waals surface area contributed by atoms with Crippen LogP contribution in [0, 0.1) is 11.3 Å². The Balaban J connectivity index is 1.56. The second-order valence-corrected chi connectivity index (χ2v) is 9.10. The highest BCUT2D eigenvalue weighted by Crippen LogP contribution is 2.19. The number of nitrogens with zero attached hydrogens (tertiary/aromatic N) is 2. The molecule has 1 aliphatic heterocycles. The standard InChI is InChI=1S/C27H32BN3O6/c1-19-17-36-18-20(2)31(19)26(32)24(16-29)14-23-10-6-9-22(13-23)11-12-37-27(33)30-25(28(34)35)15-21-7-4-3-5-8-21/h3-10,13-14,19-20,25,34-35H,11-12,15,17-18H2,1-2H3,(H,30,33)/t19-,20-,25-/m0/s1. The molecule has 2 aromatic carbocycles. The van der Waals surface area contributed by atoms with Crippen molar-refractivity contribution >= 4 is 25.2 Å². The van der Waals surface area contributed by atoms with Gasteiger partial charge in [0.2, 0.25) is 0 Å². The molecule has 3 rings (SSSR count). The van der Waals surface area contributed by atoms with Gasteiger partial charge < -0.3 is 29.7 Å². The van der Waals surface area contributed by atoms with E-state index in [0.29, 0.717) is 25.2 Å². The number of hydrogen-bond donors (Lipinski definition) is 3. The molecule has 0 bridgehead atoms. The maximum absolute atomic E-state index is 13.0. The molecule has 0 aromatic heterocycles. The van der Waals surface area contributed by atoms with Crippen LogP contribution in [0.15, 0.2) is 60.2 Å². The fourth-order valence-corrected chi connectivity index (χ4v) is 4.24. The number of nitrogens with one attached hydrogen (secondary N) is 1. The molecular formula is C27H32BN3O6. The third-order valence-corrected chi connectivity index (χ3v) is 6.10. The van der Waals surface area contributed by atoms with E-state index < -0.39 is 19.2 Å². The molecule has 1 heterocycles. The lowest BCUT2D eigenvalue weighted by molar-refractivity contribution is -0.139. The maximum Gasteiger partial charge on any atom is 0.475 e. The van der Waals surface area contributed by atoms with E-state index >= 15 is 0 Å². The summed E-state index contributed by atoms with van der Waals surface area (Å²) in [4.78, 5) is 26.9. The molecule has 0 saturated carbocycles. The van der Waals surface area contributed by atoms with E-state index in [2.05, 4.69) is 5.32 Å². The van der Waals surface area contributed by atoms with E-state index in [9.17, 15) is 24.9 Å². The molecule has 1 fully saturated rings. The molecule has 194 valence electrons. The summed E-state index contributed by atoms with van der Waals surface area (Å²) in [5, 5.41) is 31.4. The molecule has 10 heteroatoms. The summed E-state index contributed by atoms with van der Waals surface area (Å²) in [6.07, 6.45) is 1.44. The average Bonchev–Trinajstić information content (AvgIpc) is 2.87. The van der Waals surface area contributed by atoms with Crippen molar-refractivity contribution < 1.29 is 29.1 Å². The van der Waals surface area contributed by atoms with Crippen LogP contribution >= 0.6 is 0 Å². The normalized spacial score (nSPS) is 18.5. The Morgan fingerprint density at radius 1 is 1.16 bits per heavy atom. The van der Waals surface area contributed by atoms with Gasteiger partial charge in [-0.25, -0.2) is 4.79 Å². The van der Waals surface area contributed by atoms with E-state index in [1.165, 1.54) is 0 Å². The third kappa shape index (κ3) is 8.18. The van der Waals surface area contributed by atoms with Gasteiger partial charge in [-0.1, -0.05) is 54.6 Å². The van der Waals surface area contributed by atoms with Crippen molar-refractivity contribution in [1.29, 1.82) is 5.26 Å². The van der Waals surface area contributed by atoms with Crippen LogP contribution in [0.4, 0.5) is 4.79 Å². The minimum absolute atomic E-state index is 0.0420. The molecule has 3 atom stereocenters. The molecule has 0 spiro atoms. The predicted molar refractivity (Wildman–Crippen MR) is 139 cm³/mol. The van der Waals surface area contributed by atoms with Crippen LogP contribution in [0.25, 0.3) is 6.08 Å². The molecule has 2 aromatic rings. The number of hydrogen-bond acceptors (Lipinski definition) is 7. The number of carbonyl (C=O) groups is 2. The van der Waals surface area contributed by atoms with Gasteiger partial charge in [0.25, 0.3) is 5.91 Å². The van der Waals surface area contributed by atoms with Gasteiger partial charge in [-0.2, -0.15) is 5.26 Å². The number of nitriles is 1. The zero-order valence-corrected chi connectivity index (χ0v) is 21.0. The highest BCUT2D eigenvalue weighted by atomic mass is 16.5. The van der Waals surface area contributed by atoms with E-state index in [-0.39, 0.29) is 36.6 Å². The van der Waals surface area contributed by atoms with Crippen LogP contribution in [0.1, 0.15) is 30.5 Å². The summed E-state index contributed by atoms with van der Waals surface area (Å²) in [6.45, 7) is 4.71. The minimum atomic E-state index is -1.74. The Bertz CT molecular complexity index is 1120. The molecule has 3 N–H and O–H groups in total. The topological polar surface area (TPSA) is 132 Å². The van der Waals surface area contributed by atoms with Crippen molar-refractivity contribution in [3.05, 3.63) is 76.9 Å². The van der Waals surface area contributed by atoms with Gasteiger partial charge in [-0.3, -0.25) is 4.79 Å². The van der Waals surface area contributed by atoms with Gasteiger partial charge >= 0.3 is 13.2 Å². The lowest BCUT2D eigenvalue weighted by atomic mass is 9.76. The van der Waals surface area contributed by atoms with Gasteiger partial charge in [-0.15, -0.1) is 0 Å². The van der Waals surface area contributed by atoms with Gasteiger partial charge in [0, 0.05) is 6.42 Å². The largest absolute Gasteiger partial charge is 0.475 e. The Kier molecular flexibility index (Phi) is 10.3. The Morgan fingerprint density at radius 3 is 2.49 bits per heavy atom. The number of amides is 2. The first-order valence-electron chi connectivity index (χ1n) is 12.2. The maximum atomic E-state index is 13.0. The van der Waals surface area contributed by atoms with E-state index in [1.807, 2.05) is 62.4 Å². The van der Waals surface area contributed by atoms with Crippen LogP contribution in [0.2, 0.25) is 0 Å². The van der Waals surface area contributed by atoms with E-state index in [4.69, 9.17) is 9.47 Å². The van der Waals surface area contributed by atoms with Crippen LogP contribution in [-0.2, 0) is 27.1 Å². The number of morpholine rings is 1. The zero-order valence-electron chi connectivity index (χ0n) is 21.0. The first-order valence-corrected chi connectivity index (χ1v) is 12.2. The summed E-state index contributed by atoms with van der Waals surface area (Å²) < 4.78 is 10.7. The molecule has 1 saturated heterocycles. The van der Waals surface area contributed by atoms with Crippen LogP contribution in [0.5, 0.6) is 0 Å². The third-order valence-electron chi connectivity index (χ3n) is 6.10. The second-order valence-electron chi connectivity index (χ2n) is 9.10. The molecule has 1 aliphatic rings. The van der Waals surface area contributed by atoms with Crippen LogP contribution in [0.3, 0.4) is 0 Å². The molecule has 0 radical (unpaired) electrons. The average molecular weight is 505 g/mol. The van der Waals surface area contributed by atoms with Crippen LogP contribution < -0.4 is 5.32 Å². The number of carbonyl (C=O) groups excluding carboxylic acids is 2. The summed E-state index contributed by atoms with van der Waals surface area (Å²) in [5.41, 5.74) is 2.42. The molecule has 9 nitrogen and oxygen atoms in total. The van der Waals surface area contributed by atoms with Gasteiger partial charge in [0.05, 0.1) is 37.8 Å². The summed E-state index contributed by atoms with van der Waals surface area (Å²) in [6, 6.07) is 18.2. The fraction of sp³-hybridized carbons (Fsp3) is 0.370. The monoisotopic (exact) mass is 505 g/mol. The Labute approximate surface area is 217 Å². The van der Waals surface area contributed by atoms with Crippen molar-refractivity contribution in [1.82, 2.24) is 10.2 Å². The summed E-state index contributed by atoms with van der Waals surface area (Å²) in [5.74, 6) is -1.24. The van der Waals surface area contributed by atoms with E-state index in [0.717, 1.165) is 11.1 Å². The van der Waals surface area contributed by atoms with Crippen molar-refractivity contribution in [2.24, 2.45) is 0 Å². The Morgan fingerprint density at radius 2 is 1.84 bits per heavy atom. The number of alkyl carbamates (subject to hydrolysis) is 1. The first kappa shape index (κ1) is 27.9. The molecule has 37 heavy (non-hydrogen) atoms. The lowest BCUT2D eigenvalue weighted by Crippen LogP contribution is -2.52. The van der Waals surface area contributed by atoms with Gasteiger partial charge in [0.1, 0.15) is 11.6 Å². The lowest BCUT2D eigenvalue weighted by Gasteiger charge is -2.38. The molecule has 0 aliphatic carbocycles. The smallest absolute Gasteiger partial charge is 0.449 e. The highest BCUT2D eigenvalue weighted by Gasteiger charge is 2.31. The van der Waals surface area contributed by atoms with Gasteiger partial charge in [0.15, 0.2) is 0 Å². The molecular weight excluding hydrogens is 473 g/mol. The van der Waals surface area contributed by atoms with Crippen molar-refractivity contribution in [2.45, 2.75) is 44.7 Å². The molecule has 0 unspecified atom stereocenters. The van der Waals surface area contributed by atoms with E-state index in [1.54, 1.807) is 23.1 Å². The second kappa shape index (κ2) is 13.6. The fourth-order valence-electron chi connectivity index (χ4n) is 4.24. The zero-order chi connectivity index (χ0) is 26.8. The first-order chi connectivity index (χ1) is 17.8. The summed E-state index contributed by atoms with van der Waals surface area (Å²) >= 11 is 0. The number of rotatable bonds is 9. The van der Waals surface area contributed by atoms with Gasteiger partial charge in [-0.05, 0) is 43.0 Å². The number of ether oxygens (including phenoxy) is 2. The van der Waals surface area contributed by atoms with Crippen molar-refractivity contribution in [3.8, 4) is 6.07 Å². The number of benzene rings is 2. The highest BCUT2D eigenvalue weighted by molar-refractivity contribution is 6.43. The molecule has 2 amide bonds. The summed E-state index contributed by atoms with van der Waals surface area (Å²) in [7, 11) is -1.74. The predicted octanol–water partition coefficient (Wildman–Crippen LogP) is 2.12. The SMILES string of the molecule is C[C@H]1COC[C@H](C)N1C(=O)C(C#N)=Cc1cccc(CCOC(=O)N[C@@H](Cc2ccccc2)B(O)O)c1. The minimum Gasteiger partial charge on any atom is -0.449 e. The Hall–Kier alpha value is -3.65. The quantitative estimate of drug-likeness (QED) is 0.270. The van der Waals surface area contributed by atoms with Crippen molar-refractivity contribution in [3.63, 3.8) is 0 Å².